The first-order valence-electron chi connectivity index (χ1n) is 15.3. The highest BCUT2D eigenvalue weighted by Crippen LogP contribution is 2.29. The van der Waals surface area contributed by atoms with Crippen LogP contribution in [0.1, 0.15) is 54.2 Å². The third-order valence-electron chi connectivity index (χ3n) is 8.07. The monoisotopic (exact) mass is 629 g/mol. The molecule has 242 valence electrons. The number of nitrogens with zero attached hydrogens (tertiary/aromatic N) is 7. The van der Waals surface area contributed by atoms with Crippen molar-refractivity contribution >= 4 is 17.7 Å². The largest absolute Gasteiger partial charge is 0.508 e. The highest BCUT2D eigenvalue weighted by atomic mass is 16.5. The molecule has 2 aromatic heterocycles. The third kappa shape index (κ3) is 7.64. The fourth-order valence-corrected chi connectivity index (χ4v) is 5.50. The molecule has 1 amide bonds. The molecule has 14 heteroatoms. The van der Waals surface area contributed by atoms with Gasteiger partial charge in [-0.1, -0.05) is 22.6 Å². The number of ketones is 1. The number of nitrogens with one attached hydrogen (secondary N) is 1. The van der Waals surface area contributed by atoms with E-state index >= 15 is 0 Å². The van der Waals surface area contributed by atoms with Crippen LogP contribution in [-0.2, 0) is 20.7 Å². The van der Waals surface area contributed by atoms with Gasteiger partial charge in [0.25, 0.3) is 5.91 Å². The van der Waals surface area contributed by atoms with Crippen molar-refractivity contribution in [3.63, 3.8) is 0 Å². The normalized spacial score (nSPS) is 14.5. The Hall–Kier alpha value is -4.95. The number of carbonyl (C=O) groups excluding carboxylic acids is 3. The Labute approximate surface area is 266 Å². The zero-order valence-corrected chi connectivity index (χ0v) is 26.0. The minimum absolute atomic E-state index is 0.0270. The number of hydrogen-bond donors (Lipinski definition) is 3. The van der Waals surface area contributed by atoms with Gasteiger partial charge >= 0.3 is 5.97 Å². The first-order valence-corrected chi connectivity index (χ1v) is 15.3. The van der Waals surface area contributed by atoms with Crippen molar-refractivity contribution < 1.29 is 24.2 Å². The van der Waals surface area contributed by atoms with Crippen LogP contribution in [0.3, 0.4) is 0 Å². The van der Waals surface area contributed by atoms with Gasteiger partial charge in [0.1, 0.15) is 23.2 Å². The van der Waals surface area contributed by atoms with Crippen molar-refractivity contribution in [3.05, 3.63) is 66.0 Å². The number of ether oxygens (including phenoxy) is 1. The Bertz CT molecular complexity index is 1660. The molecule has 1 aliphatic heterocycles. The number of benzene rings is 2. The maximum atomic E-state index is 13.7. The SMILES string of the molecule is COC(=O)[C@H](Cc1ccc(O)cc1)n1cc(-c2cc(C(=O)N3CCNCC3)cc(-c3cn([C@@H](CCCCN)C(C)=O)nn3)c2)nn1. The van der Waals surface area contributed by atoms with E-state index in [0.29, 0.717) is 67.2 Å². The Morgan fingerprint density at radius 2 is 1.54 bits per heavy atom. The van der Waals surface area contributed by atoms with Crippen LogP contribution in [-0.4, -0.2) is 97.5 Å². The van der Waals surface area contributed by atoms with Gasteiger partial charge in [0.2, 0.25) is 0 Å². The number of piperazine rings is 1. The number of nitrogens with two attached hydrogens (primary N) is 1. The Morgan fingerprint density at radius 1 is 0.935 bits per heavy atom. The molecule has 2 aromatic carbocycles. The molecule has 0 bridgehead atoms. The van der Waals surface area contributed by atoms with Crippen LogP contribution >= 0.6 is 0 Å². The van der Waals surface area contributed by atoms with E-state index in [2.05, 4.69) is 25.9 Å². The number of unbranched alkanes of at least 4 members (excludes halogenated alkanes) is 1. The van der Waals surface area contributed by atoms with E-state index in [4.69, 9.17) is 10.5 Å². The molecule has 1 saturated heterocycles. The van der Waals surface area contributed by atoms with Crippen LogP contribution in [0.25, 0.3) is 22.5 Å². The van der Waals surface area contributed by atoms with Gasteiger partial charge in [0.15, 0.2) is 11.8 Å². The molecule has 4 N–H and O–H groups in total. The Balaban J connectivity index is 1.51. The quantitative estimate of drug-likeness (QED) is 0.146. The summed E-state index contributed by atoms with van der Waals surface area (Å²) in [6, 6.07) is 10.6. The highest BCUT2D eigenvalue weighted by molar-refractivity contribution is 5.97. The zero-order valence-electron chi connectivity index (χ0n) is 26.0. The fraction of sp³-hybridized carbons (Fsp3) is 0.406. The first-order chi connectivity index (χ1) is 22.3. The Morgan fingerprint density at radius 3 is 2.11 bits per heavy atom. The van der Waals surface area contributed by atoms with Crippen molar-refractivity contribution in [2.45, 2.75) is 44.7 Å². The molecular weight excluding hydrogens is 590 g/mol. The lowest BCUT2D eigenvalue weighted by molar-refractivity contribution is -0.145. The number of methoxy groups -OCH3 is 1. The summed E-state index contributed by atoms with van der Waals surface area (Å²) in [5.41, 5.74) is 9.03. The maximum absolute atomic E-state index is 13.7. The van der Waals surface area contributed by atoms with E-state index in [0.717, 1.165) is 18.4 Å². The number of amides is 1. The lowest BCUT2D eigenvalue weighted by Gasteiger charge is -2.27. The molecule has 1 fully saturated rings. The van der Waals surface area contributed by atoms with Crippen LogP contribution < -0.4 is 11.1 Å². The Kier molecular flexibility index (Phi) is 10.5. The molecule has 0 saturated carbocycles. The number of hydrogen-bond acceptors (Lipinski definition) is 11. The number of esters is 1. The van der Waals surface area contributed by atoms with Crippen molar-refractivity contribution in [2.24, 2.45) is 5.73 Å². The zero-order chi connectivity index (χ0) is 32.6. The maximum Gasteiger partial charge on any atom is 0.331 e. The van der Waals surface area contributed by atoms with Crippen LogP contribution in [0.2, 0.25) is 0 Å². The second-order valence-corrected chi connectivity index (χ2v) is 11.3. The van der Waals surface area contributed by atoms with Crippen molar-refractivity contribution in [2.75, 3.05) is 39.8 Å². The number of Topliss-reactive ketones (excluding diaryl/α,β-unsaturated/α-hetero) is 1. The summed E-state index contributed by atoms with van der Waals surface area (Å²) in [7, 11) is 1.31. The highest BCUT2D eigenvalue weighted by Gasteiger charge is 2.26. The predicted molar refractivity (Wildman–Crippen MR) is 169 cm³/mol. The standard InChI is InChI=1S/C32H39N9O5/c1-21(42)29(5-3-4-10-33)40-19-27(35-37-40)23-16-24(18-25(17-23)31(44)39-13-11-34-12-14-39)28-20-41(38-36-28)30(32(45)46-2)15-22-6-8-26(43)9-7-22/h6-9,16-20,29-30,34,43H,3-5,10-15,33H2,1-2H3/t29-,30-/m0/s1. The van der Waals surface area contributed by atoms with E-state index in [-0.39, 0.29) is 23.9 Å². The van der Waals surface area contributed by atoms with E-state index in [1.807, 2.05) is 6.07 Å². The molecule has 5 rings (SSSR count). The van der Waals surface area contributed by atoms with E-state index < -0.39 is 18.1 Å². The summed E-state index contributed by atoms with van der Waals surface area (Å²) in [5, 5.41) is 30.2. The molecule has 46 heavy (non-hydrogen) atoms. The second-order valence-electron chi connectivity index (χ2n) is 11.3. The summed E-state index contributed by atoms with van der Waals surface area (Å²) in [5.74, 6) is -0.541. The summed E-state index contributed by atoms with van der Waals surface area (Å²) >= 11 is 0. The van der Waals surface area contributed by atoms with Gasteiger partial charge in [-0.25, -0.2) is 14.2 Å². The van der Waals surface area contributed by atoms with E-state index in [9.17, 15) is 19.5 Å². The predicted octanol–water partition coefficient (Wildman–Crippen LogP) is 2.17. The molecule has 3 heterocycles. The molecular formula is C32H39N9O5. The minimum Gasteiger partial charge on any atom is -0.508 e. The van der Waals surface area contributed by atoms with Crippen LogP contribution in [0.15, 0.2) is 54.9 Å². The van der Waals surface area contributed by atoms with Crippen LogP contribution in [0, 0.1) is 0 Å². The number of phenolic OH excluding ortho intramolecular Hbond substituents is 1. The summed E-state index contributed by atoms with van der Waals surface area (Å²) < 4.78 is 8.07. The molecule has 0 aliphatic carbocycles. The van der Waals surface area contributed by atoms with E-state index in [1.165, 1.54) is 18.7 Å². The van der Waals surface area contributed by atoms with Crippen molar-refractivity contribution in [1.82, 2.24) is 40.2 Å². The van der Waals surface area contributed by atoms with Gasteiger partial charge in [0.05, 0.1) is 19.5 Å². The lowest BCUT2D eigenvalue weighted by Crippen LogP contribution is -2.46. The van der Waals surface area contributed by atoms with Crippen molar-refractivity contribution in [1.29, 1.82) is 0 Å². The third-order valence-corrected chi connectivity index (χ3v) is 8.07. The smallest absolute Gasteiger partial charge is 0.331 e. The number of carbonyl (C=O) groups is 3. The second kappa shape index (κ2) is 14.9. The van der Waals surface area contributed by atoms with E-state index in [1.54, 1.807) is 58.4 Å². The number of rotatable bonds is 13. The summed E-state index contributed by atoms with van der Waals surface area (Å²) in [6.07, 6.45) is 5.79. The average Bonchev–Trinajstić information content (AvgIpc) is 3.77. The van der Waals surface area contributed by atoms with Gasteiger partial charge in [-0.3, -0.25) is 9.59 Å². The van der Waals surface area contributed by atoms with Gasteiger partial charge in [-0.15, -0.1) is 10.2 Å². The van der Waals surface area contributed by atoms with Gasteiger partial charge in [0, 0.05) is 49.3 Å². The molecule has 0 radical (unpaired) electrons. The molecule has 0 spiro atoms. The van der Waals surface area contributed by atoms with Crippen molar-refractivity contribution in [3.8, 4) is 28.3 Å². The number of phenols is 1. The summed E-state index contributed by atoms with van der Waals surface area (Å²) in [6.45, 7) is 4.64. The molecule has 14 nitrogen and oxygen atoms in total. The van der Waals surface area contributed by atoms with Crippen LogP contribution in [0.5, 0.6) is 5.75 Å². The lowest BCUT2D eigenvalue weighted by atomic mass is 10.0. The summed E-state index contributed by atoms with van der Waals surface area (Å²) in [4.78, 5) is 40.7. The fourth-order valence-electron chi connectivity index (χ4n) is 5.50. The topological polar surface area (TPSA) is 183 Å². The van der Waals surface area contributed by atoms with Gasteiger partial charge < -0.3 is 25.8 Å². The molecule has 1 aliphatic rings. The number of aromatic hydroxyl groups is 1. The molecule has 4 aromatic rings. The van der Waals surface area contributed by atoms with Crippen LogP contribution in [0.4, 0.5) is 0 Å². The minimum atomic E-state index is -0.816. The first kappa shape index (κ1) is 32.4. The van der Waals surface area contributed by atoms with Gasteiger partial charge in [-0.2, -0.15) is 0 Å². The van der Waals surface area contributed by atoms with Gasteiger partial charge in [-0.05, 0) is 68.6 Å². The molecule has 0 unspecified atom stereocenters. The number of aromatic nitrogens is 6. The molecule has 2 atom stereocenters. The average molecular weight is 630 g/mol.